The smallest absolute Gasteiger partial charge is 0.0991 e. The predicted octanol–water partition coefficient (Wildman–Crippen LogP) is 3.75. The van der Waals surface area contributed by atoms with Crippen LogP contribution < -0.4 is 5.73 Å². The average Bonchev–Trinajstić information content (AvgIpc) is 3.01. The zero-order valence-corrected chi connectivity index (χ0v) is 11.8. The fourth-order valence-corrected chi connectivity index (χ4v) is 2.87. The van der Waals surface area contributed by atoms with Gasteiger partial charge in [0.05, 0.1) is 6.33 Å². The minimum Gasteiger partial charge on any atom is -0.398 e. The second-order valence-electron chi connectivity index (χ2n) is 4.46. The zero-order chi connectivity index (χ0) is 13.8. The van der Waals surface area contributed by atoms with Crippen LogP contribution in [0, 0.1) is 0 Å². The third kappa shape index (κ3) is 2.86. The molecule has 2 aromatic carbocycles. The van der Waals surface area contributed by atoms with Crippen LogP contribution in [-0.2, 0) is 5.75 Å². The quantitative estimate of drug-likeness (QED) is 0.585. The molecule has 2 N–H and O–H groups in total. The molecule has 0 amide bonds. The lowest BCUT2D eigenvalue weighted by molar-refractivity contribution is 1.05. The summed E-state index contributed by atoms with van der Waals surface area (Å²) in [4.78, 5) is 5.18. The second-order valence-corrected chi connectivity index (χ2v) is 5.48. The van der Waals surface area contributed by atoms with Crippen LogP contribution in [0.5, 0.6) is 0 Å². The van der Waals surface area contributed by atoms with Crippen molar-refractivity contribution in [3.63, 3.8) is 0 Å². The molecule has 0 radical (unpaired) electrons. The Morgan fingerprint density at radius 3 is 2.55 bits per heavy atom. The van der Waals surface area contributed by atoms with Gasteiger partial charge in [-0.1, -0.05) is 24.3 Å². The van der Waals surface area contributed by atoms with Gasteiger partial charge in [-0.25, -0.2) is 4.98 Å². The van der Waals surface area contributed by atoms with Gasteiger partial charge in [0, 0.05) is 34.4 Å². The topological polar surface area (TPSA) is 43.8 Å². The van der Waals surface area contributed by atoms with Gasteiger partial charge in [0.15, 0.2) is 0 Å². The summed E-state index contributed by atoms with van der Waals surface area (Å²) in [6, 6.07) is 16.4. The van der Waals surface area contributed by atoms with E-state index in [2.05, 4.69) is 35.3 Å². The highest BCUT2D eigenvalue weighted by Crippen LogP contribution is 2.27. The van der Waals surface area contributed by atoms with Gasteiger partial charge in [-0.3, -0.25) is 0 Å². The summed E-state index contributed by atoms with van der Waals surface area (Å²) in [7, 11) is 0. The van der Waals surface area contributed by atoms with Crippen LogP contribution in [0.1, 0.15) is 5.56 Å². The van der Waals surface area contributed by atoms with Crippen LogP contribution in [0.15, 0.2) is 72.1 Å². The predicted molar refractivity (Wildman–Crippen MR) is 84.0 cm³/mol. The number of para-hydroxylation sites is 1. The standard InChI is InChI=1S/C16H15N3S/c17-15-3-1-2-4-16(15)20-11-13-5-7-14(8-6-13)19-10-9-18-12-19/h1-10,12H,11,17H2. The molecule has 3 aromatic rings. The Morgan fingerprint density at radius 2 is 1.85 bits per heavy atom. The first-order valence-corrected chi connectivity index (χ1v) is 7.36. The summed E-state index contributed by atoms with van der Waals surface area (Å²) >= 11 is 1.76. The van der Waals surface area contributed by atoms with E-state index in [-0.39, 0.29) is 0 Å². The van der Waals surface area contributed by atoms with Gasteiger partial charge in [0.1, 0.15) is 0 Å². The SMILES string of the molecule is Nc1ccccc1SCc1ccc(-n2ccnc2)cc1. The molecule has 0 unspecified atom stereocenters. The van der Waals surface area contributed by atoms with Crippen LogP contribution in [0.4, 0.5) is 5.69 Å². The van der Waals surface area contributed by atoms with Crippen LogP contribution in [0.25, 0.3) is 5.69 Å². The van der Waals surface area contributed by atoms with Crippen molar-refractivity contribution in [2.45, 2.75) is 10.6 Å². The number of thioether (sulfide) groups is 1. The third-order valence-corrected chi connectivity index (χ3v) is 4.21. The van der Waals surface area contributed by atoms with E-state index in [1.165, 1.54) is 5.56 Å². The fraction of sp³-hybridized carbons (Fsp3) is 0.0625. The van der Waals surface area contributed by atoms with E-state index < -0.39 is 0 Å². The number of nitrogens with two attached hydrogens (primary N) is 1. The Morgan fingerprint density at radius 1 is 1.05 bits per heavy atom. The van der Waals surface area contributed by atoms with E-state index in [9.17, 15) is 0 Å². The van der Waals surface area contributed by atoms with Crippen molar-refractivity contribution in [1.82, 2.24) is 9.55 Å². The number of hydrogen-bond acceptors (Lipinski definition) is 3. The Balaban J connectivity index is 1.68. The van der Waals surface area contributed by atoms with Crippen LogP contribution >= 0.6 is 11.8 Å². The first kappa shape index (κ1) is 12.8. The Labute approximate surface area is 122 Å². The number of nitrogens with zero attached hydrogens (tertiary/aromatic N) is 2. The maximum absolute atomic E-state index is 5.94. The van der Waals surface area contributed by atoms with Gasteiger partial charge < -0.3 is 10.3 Å². The Hall–Kier alpha value is -2.20. The summed E-state index contributed by atoms with van der Waals surface area (Å²) in [5, 5.41) is 0. The summed E-state index contributed by atoms with van der Waals surface area (Å²) in [5.74, 6) is 0.915. The molecule has 20 heavy (non-hydrogen) atoms. The Bertz CT molecular complexity index is 675. The van der Waals surface area contributed by atoms with E-state index in [0.717, 1.165) is 22.0 Å². The molecular formula is C16H15N3S. The highest BCUT2D eigenvalue weighted by atomic mass is 32.2. The van der Waals surface area contributed by atoms with Crippen molar-refractivity contribution in [1.29, 1.82) is 0 Å². The van der Waals surface area contributed by atoms with E-state index in [1.807, 2.05) is 29.0 Å². The van der Waals surface area contributed by atoms with Crippen LogP contribution in [-0.4, -0.2) is 9.55 Å². The molecule has 3 nitrogen and oxygen atoms in total. The minimum absolute atomic E-state index is 0.840. The van der Waals surface area contributed by atoms with Gasteiger partial charge >= 0.3 is 0 Å². The van der Waals surface area contributed by atoms with Gasteiger partial charge in [0.2, 0.25) is 0 Å². The minimum atomic E-state index is 0.840. The third-order valence-electron chi connectivity index (χ3n) is 3.05. The van der Waals surface area contributed by atoms with Crippen LogP contribution in [0.3, 0.4) is 0 Å². The molecule has 0 spiro atoms. The van der Waals surface area contributed by atoms with Crippen molar-refractivity contribution >= 4 is 17.4 Å². The molecule has 100 valence electrons. The molecular weight excluding hydrogens is 266 g/mol. The lowest BCUT2D eigenvalue weighted by Crippen LogP contribution is -1.91. The number of rotatable bonds is 4. The molecule has 4 heteroatoms. The number of aromatic nitrogens is 2. The second kappa shape index (κ2) is 5.84. The van der Waals surface area contributed by atoms with E-state index in [0.29, 0.717) is 0 Å². The monoisotopic (exact) mass is 281 g/mol. The molecule has 0 saturated carbocycles. The van der Waals surface area contributed by atoms with Crippen molar-refractivity contribution < 1.29 is 0 Å². The van der Waals surface area contributed by atoms with E-state index in [1.54, 1.807) is 24.3 Å². The van der Waals surface area contributed by atoms with Gasteiger partial charge in [-0.15, -0.1) is 11.8 Å². The largest absolute Gasteiger partial charge is 0.398 e. The zero-order valence-electron chi connectivity index (χ0n) is 10.9. The number of nitrogen functional groups attached to an aromatic ring is 1. The summed E-state index contributed by atoms with van der Waals surface area (Å²) in [6.07, 6.45) is 5.52. The average molecular weight is 281 g/mol. The van der Waals surface area contributed by atoms with Crippen molar-refractivity contribution in [3.8, 4) is 5.69 Å². The maximum Gasteiger partial charge on any atom is 0.0991 e. The van der Waals surface area contributed by atoms with Crippen LogP contribution in [0.2, 0.25) is 0 Å². The van der Waals surface area contributed by atoms with Gasteiger partial charge in [-0.2, -0.15) is 0 Å². The van der Waals surface area contributed by atoms with Crippen molar-refractivity contribution in [3.05, 3.63) is 72.8 Å². The molecule has 3 rings (SSSR count). The lowest BCUT2D eigenvalue weighted by atomic mass is 10.2. The lowest BCUT2D eigenvalue weighted by Gasteiger charge is -2.06. The number of hydrogen-bond donors (Lipinski definition) is 1. The molecule has 1 heterocycles. The van der Waals surface area contributed by atoms with Gasteiger partial charge in [-0.05, 0) is 29.8 Å². The highest BCUT2D eigenvalue weighted by molar-refractivity contribution is 7.98. The summed E-state index contributed by atoms with van der Waals surface area (Å²) in [6.45, 7) is 0. The molecule has 0 saturated heterocycles. The van der Waals surface area contributed by atoms with E-state index in [4.69, 9.17) is 5.73 Å². The first-order valence-electron chi connectivity index (χ1n) is 6.37. The molecule has 0 fully saturated rings. The normalized spacial score (nSPS) is 10.6. The number of imidazole rings is 1. The molecule has 1 aromatic heterocycles. The number of benzene rings is 2. The summed E-state index contributed by atoms with van der Waals surface area (Å²) in [5.41, 5.74) is 9.18. The number of anilines is 1. The Kier molecular flexibility index (Phi) is 3.74. The molecule has 0 aliphatic rings. The maximum atomic E-state index is 5.94. The van der Waals surface area contributed by atoms with E-state index >= 15 is 0 Å². The highest BCUT2D eigenvalue weighted by Gasteiger charge is 2.01. The molecule has 0 bridgehead atoms. The molecule has 0 atom stereocenters. The molecule has 0 aliphatic carbocycles. The van der Waals surface area contributed by atoms with Crippen molar-refractivity contribution in [2.24, 2.45) is 0 Å². The fourth-order valence-electron chi connectivity index (χ4n) is 1.95. The van der Waals surface area contributed by atoms with Crippen molar-refractivity contribution in [2.75, 3.05) is 5.73 Å². The molecule has 0 aliphatic heterocycles. The van der Waals surface area contributed by atoms with Gasteiger partial charge in [0.25, 0.3) is 0 Å². The summed E-state index contributed by atoms with van der Waals surface area (Å²) < 4.78 is 1.99. The first-order chi connectivity index (χ1) is 9.83.